The van der Waals surface area contributed by atoms with Crippen LogP contribution in [0.4, 0.5) is 13.9 Å². The predicted octanol–water partition coefficient (Wildman–Crippen LogP) is 6.33. The number of hydrogen-bond acceptors (Lipinski definition) is 6. The van der Waals surface area contributed by atoms with Gasteiger partial charge in [0.15, 0.2) is 5.13 Å². The minimum Gasteiger partial charge on any atom is -0.508 e. The summed E-state index contributed by atoms with van der Waals surface area (Å²) in [6.07, 6.45) is 3.70. The van der Waals surface area contributed by atoms with Crippen molar-refractivity contribution in [3.05, 3.63) is 100 Å². The number of benzene rings is 3. The number of aromatic nitrogens is 1. The van der Waals surface area contributed by atoms with Gasteiger partial charge in [0.1, 0.15) is 23.4 Å². The second-order valence-electron chi connectivity index (χ2n) is 10.7. The maximum absolute atomic E-state index is 15.5. The van der Waals surface area contributed by atoms with Crippen LogP contribution in [0.5, 0.6) is 5.75 Å². The Morgan fingerprint density at radius 1 is 1.10 bits per heavy atom. The Bertz CT molecular complexity index is 1620. The Labute approximate surface area is 246 Å². The van der Waals surface area contributed by atoms with Crippen LogP contribution in [0.2, 0.25) is 0 Å². The van der Waals surface area contributed by atoms with E-state index in [2.05, 4.69) is 34.3 Å². The number of nitrogens with one attached hydrogen (secondary N) is 1. The highest BCUT2D eigenvalue weighted by Gasteiger charge is 2.40. The van der Waals surface area contributed by atoms with Gasteiger partial charge in [-0.1, -0.05) is 31.2 Å². The molecule has 6 rings (SSSR count). The minimum atomic E-state index is -1.43. The van der Waals surface area contributed by atoms with Crippen LogP contribution in [0.1, 0.15) is 58.8 Å². The Hall–Kier alpha value is -4.15. The third-order valence-electron chi connectivity index (χ3n) is 8.27. The highest BCUT2D eigenvalue weighted by molar-refractivity contribution is 7.13. The molecular weight excluding hydrogens is 558 g/mol. The summed E-state index contributed by atoms with van der Waals surface area (Å²) in [5.41, 5.74) is 2.74. The SMILES string of the molecule is CCN1CCC(c2ccc(-c3cc(F)c4c(c3)C(=O)N([C@@H](C(=O)Nc3nccs3)c3cc(F)ccc3O)C4)cc2)CC1. The first kappa shape index (κ1) is 28.0. The number of nitrogens with zero attached hydrogens (tertiary/aromatic N) is 3. The number of amides is 2. The molecule has 0 bridgehead atoms. The normalized spacial score (nSPS) is 16.5. The first-order chi connectivity index (χ1) is 20.3. The summed E-state index contributed by atoms with van der Waals surface area (Å²) in [6.45, 7) is 5.17. The van der Waals surface area contributed by atoms with E-state index in [1.165, 1.54) is 29.2 Å². The molecule has 2 aliphatic heterocycles. The van der Waals surface area contributed by atoms with Crippen LogP contribution < -0.4 is 5.32 Å². The van der Waals surface area contributed by atoms with E-state index in [0.717, 1.165) is 61.1 Å². The number of carbonyl (C=O) groups is 2. The van der Waals surface area contributed by atoms with Gasteiger partial charge in [-0.25, -0.2) is 13.8 Å². The van der Waals surface area contributed by atoms with Crippen LogP contribution in [0.3, 0.4) is 0 Å². The quantitative estimate of drug-likeness (QED) is 0.264. The molecule has 1 fully saturated rings. The van der Waals surface area contributed by atoms with Gasteiger partial charge in [0.2, 0.25) is 0 Å². The van der Waals surface area contributed by atoms with Crippen LogP contribution in [-0.4, -0.2) is 51.3 Å². The second-order valence-corrected chi connectivity index (χ2v) is 11.6. The Morgan fingerprint density at radius 3 is 2.55 bits per heavy atom. The number of likely N-dealkylation sites (tertiary alicyclic amines) is 1. The van der Waals surface area contributed by atoms with Gasteiger partial charge < -0.3 is 14.9 Å². The molecule has 4 aromatic rings. The van der Waals surface area contributed by atoms with E-state index in [1.54, 1.807) is 11.4 Å². The number of halogens is 2. The van der Waals surface area contributed by atoms with E-state index in [1.807, 2.05) is 12.1 Å². The lowest BCUT2D eigenvalue weighted by atomic mass is 9.88. The van der Waals surface area contributed by atoms with E-state index >= 15 is 4.39 Å². The number of phenols is 1. The van der Waals surface area contributed by atoms with Crippen molar-refractivity contribution in [1.82, 2.24) is 14.8 Å². The van der Waals surface area contributed by atoms with Crippen molar-refractivity contribution in [3.63, 3.8) is 0 Å². The molecule has 2 amide bonds. The molecular formula is C32H30F2N4O3S. The molecule has 42 heavy (non-hydrogen) atoms. The summed E-state index contributed by atoms with van der Waals surface area (Å²) < 4.78 is 29.8. The molecule has 0 aliphatic carbocycles. The summed E-state index contributed by atoms with van der Waals surface area (Å²) in [4.78, 5) is 34.9. The molecule has 0 radical (unpaired) electrons. The third kappa shape index (κ3) is 5.39. The fraction of sp³-hybridized carbons (Fsp3) is 0.281. The average Bonchev–Trinajstić information content (AvgIpc) is 3.63. The fourth-order valence-electron chi connectivity index (χ4n) is 5.94. The fourth-order valence-corrected chi connectivity index (χ4v) is 6.48. The first-order valence-corrected chi connectivity index (χ1v) is 14.8. The molecule has 2 aliphatic rings. The number of rotatable bonds is 7. The number of hydrogen-bond donors (Lipinski definition) is 2. The van der Waals surface area contributed by atoms with Crippen molar-refractivity contribution in [2.45, 2.75) is 38.3 Å². The van der Waals surface area contributed by atoms with Crippen molar-refractivity contribution in [2.75, 3.05) is 25.0 Å². The predicted molar refractivity (Wildman–Crippen MR) is 157 cm³/mol. The van der Waals surface area contributed by atoms with Gasteiger partial charge in [-0.2, -0.15) is 0 Å². The van der Waals surface area contributed by atoms with Gasteiger partial charge in [-0.15, -0.1) is 11.3 Å². The van der Waals surface area contributed by atoms with Crippen molar-refractivity contribution in [1.29, 1.82) is 0 Å². The smallest absolute Gasteiger partial charge is 0.255 e. The van der Waals surface area contributed by atoms with Gasteiger partial charge in [-0.3, -0.25) is 14.9 Å². The monoisotopic (exact) mass is 588 g/mol. The van der Waals surface area contributed by atoms with Gasteiger partial charge in [0.05, 0.1) is 6.54 Å². The van der Waals surface area contributed by atoms with Gasteiger partial charge in [0.25, 0.3) is 11.8 Å². The molecule has 3 heterocycles. The Kier molecular flexibility index (Phi) is 7.74. The van der Waals surface area contributed by atoms with Crippen molar-refractivity contribution >= 4 is 28.3 Å². The van der Waals surface area contributed by atoms with E-state index in [-0.39, 0.29) is 34.1 Å². The summed E-state index contributed by atoms with van der Waals surface area (Å²) in [5, 5.41) is 15.1. The molecule has 0 spiro atoms. The van der Waals surface area contributed by atoms with Crippen LogP contribution >= 0.6 is 11.3 Å². The molecule has 0 saturated carbocycles. The van der Waals surface area contributed by atoms with E-state index in [4.69, 9.17) is 0 Å². The molecule has 3 aromatic carbocycles. The Morgan fingerprint density at radius 2 is 1.86 bits per heavy atom. The number of fused-ring (bicyclic) bond motifs is 1. The molecule has 7 nitrogen and oxygen atoms in total. The molecule has 0 unspecified atom stereocenters. The Balaban J connectivity index is 1.29. The second kappa shape index (κ2) is 11.6. The molecule has 1 aromatic heterocycles. The maximum atomic E-state index is 15.5. The molecule has 10 heteroatoms. The average molecular weight is 589 g/mol. The lowest BCUT2D eigenvalue weighted by Crippen LogP contribution is -2.37. The maximum Gasteiger partial charge on any atom is 0.255 e. The zero-order valence-corrected chi connectivity index (χ0v) is 23.8. The van der Waals surface area contributed by atoms with Gasteiger partial charge >= 0.3 is 0 Å². The molecule has 2 N–H and O–H groups in total. The number of thiazole rings is 1. The van der Waals surface area contributed by atoms with E-state index in [9.17, 15) is 19.1 Å². The van der Waals surface area contributed by atoms with Crippen molar-refractivity contribution < 1.29 is 23.5 Å². The van der Waals surface area contributed by atoms with Crippen LogP contribution in [0.25, 0.3) is 11.1 Å². The number of anilines is 1. The van der Waals surface area contributed by atoms with Crippen LogP contribution in [0.15, 0.2) is 66.2 Å². The molecule has 216 valence electrons. The van der Waals surface area contributed by atoms with Gasteiger partial charge in [0, 0.05) is 28.3 Å². The van der Waals surface area contributed by atoms with Crippen molar-refractivity contribution in [3.8, 4) is 16.9 Å². The summed E-state index contributed by atoms with van der Waals surface area (Å²) in [5.74, 6) is -2.42. The lowest BCUT2D eigenvalue weighted by molar-refractivity contribution is -0.120. The summed E-state index contributed by atoms with van der Waals surface area (Å²) in [6, 6.07) is 12.9. The molecule has 1 atom stereocenters. The van der Waals surface area contributed by atoms with Gasteiger partial charge in [-0.05, 0) is 85.4 Å². The van der Waals surface area contributed by atoms with Crippen molar-refractivity contribution in [2.24, 2.45) is 0 Å². The lowest BCUT2D eigenvalue weighted by Gasteiger charge is -2.31. The van der Waals surface area contributed by atoms with E-state index < -0.39 is 29.5 Å². The zero-order chi connectivity index (χ0) is 29.4. The van der Waals surface area contributed by atoms with E-state index in [0.29, 0.717) is 11.5 Å². The minimum absolute atomic E-state index is 0.105. The zero-order valence-electron chi connectivity index (χ0n) is 23.0. The number of carbonyl (C=O) groups excluding carboxylic acids is 2. The largest absolute Gasteiger partial charge is 0.508 e. The standard InChI is InChI=1S/C32H30F2N4O3S/c1-2-37-12-9-21(10-13-37)19-3-5-20(6-4-19)22-15-24-26(27(34)16-22)18-38(31(24)41)29(25-17-23(33)7-8-28(25)39)30(40)36-32-35-11-14-42-32/h3-8,11,14-17,21,29,39H,2,9-10,12-13,18H2,1H3,(H,35,36,40)/t29-/m1/s1. The summed E-state index contributed by atoms with van der Waals surface area (Å²) >= 11 is 1.17. The summed E-state index contributed by atoms with van der Waals surface area (Å²) in [7, 11) is 0. The number of phenolic OH excluding ortho intramolecular Hbond substituents is 1. The highest BCUT2D eigenvalue weighted by atomic mass is 32.1. The number of aromatic hydroxyl groups is 1. The third-order valence-corrected chi connectivity index (χ3v) is 8.96. The van der Waals surface area contributed by atoms with Crippen LogP contribution in [0, 0.1) is 11.6 Å². The highest BCUT2D eigenvalue weighted by Crippen LogP contribution is 2.39. The first-order valence-electron chi connectivity index (χ1n) is 14.0. The molecule has 1 saturated heterocycles. The topological polar surface area (TPSA) is 85.8 Å². The number of piperidine rings is 1. The van der Waals surface area contributed by atoms with Crippen LogP contribution in [-0.2, 0) is 11.3 Å².